The van der Waals surface area contributed by atoms with Crippen molar-refractivity contribution in [2.24, 2.45) is 5.92 Å². The van der Waals surface area contributed by atoms with Gasteiger partial charge in [0, 0.05) is 25.3 Å². The summed E-state index contributed by atoms with van der Waals surface area (Å²) in [6.45, 7) is 3.89. The topological polar surface area (TPSA) is 55.4 Å². The van der Waals surface area contributed by atoms with Gasteiger partial charge in [-0.15, -0.1) is 0 Å². The molecule has 1 aromatic carbocycles. The van der Waals surface area contributed by atoms with E-state index in [1.807, 2.05) is 12.1 Å². The summed E-state index contributed by atoms with van der Waals surface area (Å²) >= 11 is 0. The first-order valence-corrected chi connectivity index (χ1v) is 9.38. The number of hydrogen-bond acceptors (Lipinski definition) is 4. The van der Waals surface area contributed by atoms with Gasteiger partial charge >= 0.3 is 0 Å². The van der Waals surface area contributed by atoms with Crippen LogP contribution in [0.2, 0.25) is 0 Å². The van der Waals surface area contributed by atoms with E-state index < -0.39 is 9.84 Å². The molecule has 0 bridgehead atoms. The lowest BCUT2D eigenvalue weighted by Crippen LogP contribution is -2.41. The maximum atomic E-state index is 12.2. The number of benzene rings is 1. The Hall–Kier alpha value is -0.910. The van der Waals surface area contributed by atoms with E-state index in [0.717, 1.165) is 31.6 Å². The van der Waals surface area contributed by atoms with E-state index in [9.17, 15) is 8.42 Å². The highest BCUT2D eigenvalue weighted by Gasteiger charge is 2.31. The standard InChI is InChI=1S/C16H23NO3S/c1-12(13-6-9-20-10-7-13)17-15-8-11-21(18,19)16-5-3-2-4-14(15)16/h2-5,12-13,15,17H,6-11H2,1H3. The van der Waals surface area contributed by atoms with Gasteiger partial charge in [-0.25, -0.2) is 8.42 Å². The molecule has 0 spiro atoms. The van der Waals surface area contributed by atoms with Gasteiger partial charge in [0.15, 0.2) is 9.84 Å². The first-order chi connectivity index (χ1) is 10.1. The lowest BCUT2D eigenvalue weighted by atomic mass is 9.91. The summed E-state index contributed by atoms with van der Waals surface area (Å²) in [5.41, 5.74) is 0.933. The molecule has 2 atom stereocenters. The molecule has 0 saturated carbocycles. The Morgan fingerprint density at radius 2 is 1.90 bits per heavy atom. The van der Waals surface area contributed by atoms with Gasteiger partial charge in [0.05, 0.1) is 10.6 Å². The second-order valence-electron chi connectivity index (χ2n) is 6.10. The van der Waals surface area contributed by atoms with E-state index in [1.54, 1.807) is 12.1 Å². The molecule has 0 aliphatic carbocycles. The number of rotatable bonds is 3. The fourth-order valence-corrected chi connectivity index (χ4v) is 5.05. The van der Waals surface area contributed by atoms with E-state index in [0.29, 0.717) is 23.3 Å². The number of fused-ring (bicyclic) bond motifs is 1. The highest BCUT2D eigenvalue weighted by atomic mass is 32.2. The van der Waals surface area contributed by atoms with Gasteiger partial charge in [0.2, 0.25) is 0 Å². The van der Waals surface area contributed by atoms with Crippen molar-refractivity contribution in [1.29, 1.82) is 0 Å². The fourth-order valence-electron chi connectivity index (χ4n) is 3.43. The van der Waals surface area contributed by atoms with Crippen LogP contribution in [0.25, 0.3) is 0 Å². The summed E-state index contributed by atoms with van der Waals surface area (Å²) in [6.07, 6.45) is 2.83. The number of hydrogen-bond donors (Lipinski definition) is 1. The van der Waals surface area contributed by atoms with Crippen LogP contribution in [0, 0.1) is 5.92 Å². The van der Waals surface area contributed by atoms with Crippen molar-refractivity contribution in [3.05, 3.63) is 29.8 Å². The molecule has 3 rings (SSSR count). The SMILES string of the molecule is CC(NC1CCS(=O)(=O)c2ccccc21)C1CCOCC1. The summed E-state index contributed by atoms with van der Waals surface area (Å²) in [6, 6.07) is 7.93. The van der Waals surface area contributed by atoms with E-state index in [4.69, 9.17) is 4.74 Å². The lowest BCUT2D eigenvalue weighted by molar-refractivity contribution is 0.0542. The summed E-state index contributed by atoms with van der Waals surface area (Å²) in [5.74, 6) is 0.853. The zero-order valence-corrected chi connectivity index (χ0v) is 13.2. The maximum absolute atomic E-state index is 12.2. The van der Waals surface area contributed by atoms with Gasteiger partial charge in [-0.2, -0.15) is 0 Å². The maximum Gasteiger partial charge on any atom is 0.178 e. The van der Waals surface area contributed by atoms with E-state index in [2.05, 4.69) is 12.2 Å². The van der Waals surface area contributed by atoms with E-state index >= 15 is 0 Å². The Morgan fingerprint density at radius 3 is 2.67 bits per heavy atom. The van der Waals surface area contributed by atoms with Gasteiger partial charge < -0.3 is 10.1 Å². The van der Waals surface area contributed by atoms with Crippen molar-refractivity contribution in [2.45, 2.75) is 43.2 Å². The molecular weight excluding hydrogens is 286 g/mol. The molecule has 0 aromatic heterocycles. The third-order valence-electron chi connectivity index (χ3n) is 4.74. The average Bonchev–Trinajstić information content (AvgIpc) is 2.51. The summed E-state index contributed by atoms with van der Waals surface area (Å²) in [4.78, 5) is 0.507. The van der Waals surface area contributed by atoms with Crippen molar-refractivity contribution in [3.8, 4) is 0 Å². The van der Waals surface area contributed by atoms with Crippen LogP contribution in [0.3, 0.4) is 0 Å². The first kappa shape index (κ1) is 15.0. The largest absolute Gasteiger partial charge is 0.381 e. The molecule has 2 unspecified atom stereocenters. The van der Waals surface area contributed by atoms with E-state index in [-0.39, 0.29) is 11.8 Å². The summed E-state index contributed by atoms with van der Waals surface area (Å²) in [7, 11) is -3.10. The highest BCUT2D eigenvalue weighted by molar-refractivity contribution is 7.91. The van der Waals surface area contributed by atoms with Crippen LogP contribution in [0.5, 0.6) is 0 Å². The molecule has 5 heteroatoms. The zero-order valence-electron chi connectivity index (χ0n) is 12.4. The number of nitrogens with one attached hydrogen (secondary N) is 1. The van der Waals surface area contributed by atoms with E-state index in [1.165, 1.54) is 0 Å². The second-order valence-corrected chi connectivity index (χ2v) is 8.18. The Bertz CT molecular complexity index is 593. The second kappa shape index (κ2) is 6.07. The minimum Gasteiger partial charge on any atom is -0.381 e. The Morgan fingerprint density at radius 1 is 1.19 bits per heavy atom. The molecule has 0 radical (unpaired) electrons. The smallest absolute Gasteiger partial charge is 0.178 e. The van der Waals surface area contributed by atoms with Crippen LogP contribution < -0.4 is 5.32 Å². The molecule has 0 amide bonds. The molecular formula is C16H23NO3S. The molecule has 1 fully saturated rings. The molecule has 116 valence electrons. The number of ether oxygens (including phenoxy) is 1. The average molecular weight is 309 g/mol. The molecule has 21 heavy (non-hydrogen) atoms. The quantitative estimate of drug-likeness (QED) is 0.931. The predicted molar refractivity (Wildman–Crippen MR) is 82.0 cm³/mol. The van der Waals surface area contributed by atoms with Crippen molar-refractivity contribution < 1.29 is 13.2 Å². The lowest BCUT2D eigenvalue weighted by Gasteiger charge is -2.34. The number of sulfone groups is 1. The molecule has 4 nitrogen and oxygen atoms in total. The van der Waals surface area contributed by atoms with Gasteiger partial charge in [-0.3, -0.25) is 0 Å². The monoisotopic (exact) mass is 309 g/mol. The molecule has 1 N–H and O–H groups in total. The first-order valence-electron chi connectivity index (χ1n) is 7.73. The Balaban J connectivity index is 1.77. The predicted octanol–water partition coefficient (Wildman–Crippen LogP) is 2.31. The molecule has 2 aliphatic heterocycles. The zero-order chi connectivity index (χ0) is 14.9. The molecule has 1 aromatic rings. The van der Waals surface area contributed by atoms with Crippen molar-refractivity contribution in [2.75, 3.05) is 19.0 Å². The van der Waals surface area contributed by atoms with Crippen LogP contribution >= 0.6 is 0 Å². The van der Waals surface area contributed by atoms with Crippen molar-refractivity contribution >= 4 is 9.84 Å². The molecule has 2 heterocycles. The van der Waals surface area contributed by atoms with Crippen LogP contribution in [0.4, 0.5) is 0 Å². The Kier molecular flexibility index (Phi) is 4.33. The van der Waals surface area contributed by atoms with Gasteiger partial charge in [0.25, 0.3) is 0 Å². The third-order valence-corrected chi connectivity index (χ3v) is 6.56. The van der Waals surface area contributed by atoms with Crippen LogP contribution in [-0.4, -0.2) is 33.4 Å². The Labute approximate surface area is 126 Å². The molecule has 2 aliphatic rings. The van der Waals surface area contributed by atoms with Gasteiger partial charge in [-0.1, -0.05) is 18.2 Å². The van der Waals surface area contributed by atoms with Gasteiger partial charge in [-0.05, 0) is 43.7 Å². The molecule has 1 saturated heterocycles. The van der Waals surface area contributed by atoms with Crippen LogP contribution in [0.15, 0.2) is 29.2 Å². The minimum absolute atomic E-state index is 0.141. The van der Waals surface area contributed by atoms with Gasteiger partial charge in [0.1, 0.15) is 0 Å². The van der Waals surface area contributed by atoms with Crippen molar-refractivity contribution in [1.82, 2.24) is 5.32 Å². The van der Waals surface area contributed by atoms with Crippen LogP contribution in [0.1, 0.15) is 37.8 Å². The highest BCUT2D eigenvalue weighted by Crippen LogP contribution is 2.33. The van der Waals surface area contributed by atoms with Crippen molar-refractivity contribution in [3.63, 3.8) is 0 Å². The fraction of sp³-hybridized carbons (Fsp3) is 0.625. The normalized spacial score (nSPS) is 27.0. The minimum atomic E-state index is -3.10. The summed E-state index contributed by atoms with van der Waals surface area (Å²) < 4.78 is 29.7. The summed E-state index contributed by atoms with van der Waals surface area (Å²) in [5, 5.41) is 3.66. The van der Waals surface area contributed by atoms with Crippen LogP contribution in [-0.2, 0) is 14.6 Å². The third kappa shape index (κ3) is 3.15.